The molecule has 0 atom stereocenters. The number of rotatable bonds is 1. The van der Waals surface area contributed by atoms with E-state index in [-0.39, 0.29) is 17.1 Å². The topological polar surface area (TPSA) is 72.3 Å². The molecule has 0 bridgehead atoms. The van der Waals surface area contributed by atoms with Gasteiger partial charge >= 0.3 is 0 Å². The van der Waals surface area contributed by atoms with Crippen molar-refractivity contribution in [3.63, 3.8) is 0 Å². The summed E-state index contributed by atoms with van der Waals surface area (Å²) in [6, 6.07) is 4.30. The lowest BCUT2D eigenvalue weighted by Crippen LogP contribution is -1.87. The maximum Gasteiger partial charge on any atom is 0.222 e. The number of aryl methyl sites for hydroxylation is 1. The molecule has 78 valence electrons. The van der Waals surface area contributed by atoms with Crippen LogP contribution >= 0.6 is 0 Å². The summed E-state index contributed by atoms with van der Waals surface area (Å²) in [5, 5.41) is 12.9. The van der Waals surface area contributed by atoms with Crippen molar-refractivity contribution in [2.45, 2.75) is 6.92 Å². The van der Waals surface area contributed by atoms with Gasteiger partial charge in [-0.1, -0.05) is 5.16 Å². The van der Waals surface area contributed by atoms with Crippen molar-refractivity contribution in [2.24, 2.45) is 0 Å². The van der Waals surface area contributed by atoms with Gasteiger partial charge in [0.2, 0.25) is 5.88 Å². The molecule has 0 amide bonds. The highest BCUT2D eigenvalue weighted by atomic mass is 19.1. The van der Waals surface area contributed by atoms with Crippen LogP contribution < -0.4 is 5.73 Å². The van der Waals surface area contributed by atoms with Gasteiger partial charge in [0.25, 0.3) is 0 Å². The Kier molecular flexibility index (Phi) is 2.07. The number of nitrogens with two attached hydrogens (primary N) is 1. The van der Waals surface area contributed by atoms with Crippen LogP contribution in [-0.4, -0.2) is 10.3 Å². The van der Waals surface area contributed by atoms with Crippen molar-refractivity contribution >= 4 is 5.88 Å². The molecule has 0 radical (unpaired) electrons. The maximum absolute atomic E-state index is 13.5. The second-order valence-electron chi connectivity index (χ2n) is 3.26. The van der Waals surface area contributed by atoms with Gasteiger partial charge in [-0.3, -0.25) is 0 Å². The Morgan fingerprint density at radius 2 is 2.13 bits per heavy atom. The molecule has 2 rings (SSSR count). The number of phenolic OH excluding ortho intramolecular Hbond substituents is 1. The molecule has 0 saturated carbocycles. The minimum Gasteiger partial charge on any atom is -0.505 e. The van der Waals surface area contributed by atoms with E-state index in [2.05, 4.69) is 9.68 Å². The highest BCUT2D eigenvalue weighted by Gasteiger charge is 2.13. The van der Waals surface area contributed by atoms with E-state index in [4.69, 9.17) is 5.73 Å². The summed E-state index contributed by atoms with van der Waals surface area (Å²) in [7, 11) is 0. The molecule has 2 aromatic rings. The highest BCUT2D eigenvalue weighted by Crippen LogP contribution is 2.29. The zero-order chi connectivity index (χ0) is 11.0. The molecule has 0 spiro atoms. The van der Waals surface area contributed by atoms with Crippen molar-refractivity contribution in [3.05, 3.63) is 29.6 Å². The molecule has 0 aliphatic heterocycles. The molecule has 0 saturated heterocycles. The molecule has 15 heavy (non-hydrogen) atoms. The first-order valence-corrected chi connectivity index (χ1v) is 4.29. The summed E-state index contributed by atoms with van der Waals surface area (Å²) in [6.45, 7) is 1.74. The Morgan fingerprint density at radius 3 is 2.73 bits per heavy atom. The monoisotopic (exact) mass is 208 g/mol. The van der Waals surface area contributed by atoms with E-state index < -0.39 is 11.6 Å². The third-order valence-corrected chi connectivity index (χ3v) is 2.00. The normalized spacial score (nSPS) is 10.5. The molecule has 0 aliphatic rings. The highest BCUT2D eigenvalue weighted by molar-refractivity contribution is 5.64. The molecule has 3 N–H and O–H groups in total. The molecular formula is C10H9FN2O2. The van der Waals surface area contributed by atoms with Crippen LogP contribution in [0.4, 0.5) is 10.3 Å². The Balaban J connectivity index is 2.62. The Hall–Kier alpha value is -2.04. The van der Waals surface area contributed by atoms with E-state index in [0.717, 1.165) is 5.56 Å². The van der Waals surface area contributed by atoms with Crippen molar-refractivity contribution in [2.75, 3.05) is 5.73 Å². The number of benzene rings is 1. The predicted molar refractivity (Wildman–Crippen MR) is 52.7 cm³/mol. The number of hydrogen-bond acceptors (Lipinski definition) is 4. The van der Waals surface area contributed by atoms with Gasteiger partial charge in [0.1, 0.15) is 5.69 Å². The van der Waals surface area contributed by atoms with Crippen LogP contribution in [0.5, 0.6) is 5.75 Å². The smallest absolute Gasteiger partial charge is 0.222 e. The third-order valence-electron chi connectivity index (χ3n) is 2.00. The van der Waals surface area contributed by atoms with Gasteiger partial charge in [-0.25, -0.2) is 4.39 Å². The van der Waals surface area contributed by atoms with Gasteiger partial charge in [0.05, 0.1) is 0 Å². The summed E-state index contributed by atoms with van der Waals surface area (Å²) in [4.78, 5) is 0. The number of nitrogen functional groups attached to an aromatic ring is 1. The van der Waals surface area contributed by atoms with Gasteiger partial charge in [-0.05, 0) is 24.6 Å². The van der Waals surface area contributed by atoms with Gasteiger partial charge in [0, 0.05) is 11.6 Å². The van der Waals surface area contributed by atoms with Gasteiger partial charge in [0.15, 0.2) is 11.6 Å². The summed E-state index contributed by atoms with van der Waals surface area (Å²) >= 11 is 0. The van der Waals surface area contributed by atoms with Crippen LogP contribution in [0.25, 0.3) is 11.3 Å². The van der Waals surface area contributed by atoms with E-state index in [1.807, 2.05) is 0 Å². The van der Waals surface area contributed by atoms with Crippen LogP contribution in [-0.2, 0) is 0 Å². The lowest BCUT2D eigenvalue weighted by molar-refractivity contribution is 0.429. The third kappa shape index (κ3) is 1.63. The van der Waals surface area contributed by atoms with Crippen molar-refractivity contribution in [1.29, 1.82) is 0 Å². The SMILES string of the molecule is Cc1cc(O)c(F)c(-c2cc(N)on2)c1. The number of aromatic nitrogens is 1. The molecule has 4 nitrogen and oxygen atoms in total. The average Bonchev–Trinajstić information content (AvgIpc) is 2.58. The first-order valence-electron chi connectivity index (χ1n) is 4.29. The number of hydrogen-bond donors (Lipinski definition) is 2. The minimum atomic E-state index is -0.728. The van der Waals surface area contributed by atoms with Crippen molar-refractivity contribution in [3.8, 4) is 17.0 Å². The predicted octanol–water partition coefficient (Wildman–Crippen LogP) is 2.08. The molecular weight excluding hydrogens is 199 g/mol. The molecule has 1 heterocycles. The van der Waals surface area contributed by atoms with Crippen molar-refractivity contribution < 1.29 is 14.0 Å². The van der Waals surface area contributed by atoms with Crippen molar-refractivity contribution in [1.82, 2.24) is 5.16 Å². The molecule has 1 aromatic carbocycles. The molecule has 0 aliphatic carbocycles. The van der Waals surface area contributed by atoms with E-state index in [0.29, 0.717) is 0 Å². The molecule has 0 fully saturated rings. The number of nitrogens with zero attached hydrogens (tertiary/aromatic N) is 1. The van der Waals surface area contributed by atoms with E-state index in [9.17, 15) is 9.50 Å². The van der Waals surface area contributed by atoms with Crippen LogP contribution in [0.15, 0.2) is 22.7 Å². The number of aromatic hydroxyl groups is 1. The quantitative estimate of drug-likeness (QED) is 0.752. The van der Waals surface area contributed by atoms with Gasteiger partial charge < -0.3 is 15.4 Å². The first kappa shape index (κ1) is 9.51. The maximum atomic E-state index is 13.5. The van der Waals surface area contributed by atoms with E-state index in [1.54, 1.807) is 13.0 Å². The van der Waals surface area contributed by atoms with E-state index in [1.165, 1.54) is 12.1 Å². The van der Waals surface area contributed by atoms with Crippen LogP contribution in [0.1, 0.15) is 5.56 Å². The zero-order valence-electron chi connectivity index (χ0n) is 7.99. The fraction of sp³-hybridized carbons (Fsp3) is 0.100. The summed E-state index contributed by atoms with van der Waals surface area (Å²) < 4.78 is 18.1. The summed E-state index contributed by atoms with van der Waals surface area (Å²) in [5.41, 5.74) is 6.50. The standard InChI is InChI=1S/C10H9FN2O2/c1-5-2-6(10(11)8(14)3-5)7-4-9(12)15-13-7/h2-4,14H,12H2,1H3. The Bertz CT molecular complexity index is 508. The van der Waals surface area contributed by atoms with Crippen LogP contribution in [0.3, 0.4) is 0 Å². The fourth-order valence-corrected chi connectivity index (χ4v) is 1.35. The lowest BCUT2D eigenvalue weighted by atomic mass is 10.1. The lowest BCUT2D eigenvalue weighted by Gasteiger charge is -2.02. The Labute approximate surface area is 85.1 Å². The second-order valence-corrected chi connectivity index (χ2v) is 3.26. The number of phenols is 1. The van der Waals surface area contributed by atoms with Gasteiger partial charge in [-0.2, -0.15) is 0 Å². The second kappa shape index (κ2) is 3.27. The van der Waals surface area contributed by atoms with E-state index >= 15 is 0 Å². The summed E-state index contributed by atoms with van der Waals surface area (Å²) in [6.07, 6.45) is 0. The molecule has 5 heteroatoms. The van der Waals surface area contributed by atoms with Gasteiger partial charge in [-0.15, -0.1) is 0 Å². The largest absolute Gasteiger partial charge is 0.505 e. The average molecular weight is 208 g/mol. The number of halogens is 1. The van der Waals surface area contributed by atoms with Crippen LogP contribution in [0, 0.1) is 12.7 Å². The zero-order valence-corrected chi connectivity index (χ0v) is 7.99. The Morgan fingerprint density at radius 1 is 1.40 bits per heavy atom. The number of anilines is 1. The molecule has 0 unspecified atom stereocenters. The fourth-order valence-electron chi connectivity index (χ4n) is 1.35. The minimum absolute atomic E-state index is 0.102. The van der Waals surface area contributed by atoms with Crippen LogP contribution in [0.2, 0.25) is 0 Å². The first-order chi connectivity index (χ1) is 7.08. The summed E-state index contributed by atoms with van der Waals surface area (Å²) in [5.74, 6) is -1.04. The molecule has 1 aromatic heterocycles.